The molecule has 0 aliphatic carbocycles. The molecule has 1 aromatic heterocycles. The number of nitrogens with two attached hydrogens (primary N) is 1. The fourth-order valence-corrected chi connectivity index (χ4v) is 4.57. The van der Waals surface area contributed by atoms with E-state index in [1.807, 2.05) is 17.0 Å². The molecule has 1 fully saturated rings. The Bertz CT molecular complexity index is 680. The van der Waals surface area contributed by atoms with Crippen molar-refractivity contribution < 1.29 is 4.79 Å². The summed E-state index contributed by atoms with van der Waals surface area (Å²) in [5.74, 6) is 0.847. The van der Waals surface area contributed by atoms with E-state index in [4.69, 9.17) is 5.73 Å². The second kappa shape index (κ2) is 6.85. The number of rotatable bonds is 4. The zero-order chi connectivity index (χ0) is 16.4. The van der Waals surface area contributed by atoms with Gasteiger partial charge in [-0.15, -0.1) is 11.3 Å². The first-order valence-corrected chi connectivity index (χ1v) is 9.09. The average molecular weight is 328 g/mol. The minimum Gasteiger partial charge on any atom is -0.337 e. The van der Waals surface area contributed by atoms with E-state index >= 15 is 0 Å². The average Bonchev–Trinajstić information content (AvgIpc) is 3.18. The highest BCUT2D eigenvalue weighted by Gasteiger charge is 2.36. The van der Waals surface area contributed by atoms with Gasteiger partial charge < -0.3 is 10.6 Å². The number of hydrogen-bond acceptors (Lipinski definition) is 3. The van der Waals surface area contributed by atoms with Crippen LogP contribution >= 0.6 is 11.3 Å². The maximum atomic E-state index is 12.9. The normalized spacial score (nSPS) is 20.9. The van der Waals surface area contributed by atoms with Gasteiger partial charge >= 0.3 is 0 Å². The fourth-order valence-electron chi connectivity index (χ4n) is 3.49. The topological polar surface area (TPSA) is 46.3 Å². The second-order valence-corrected chi connectivity index (χ2v) is 7.43. The Morgan fingerprint density at radius 1 is 1.30 bits per heavy atom. The molecule has 0 bridgehead atoms. The van der Waals surface area contributed by atoms with E-state index in [-0.39, 0.29) is 5.91 Å². The molecule has 1 aromatic carbocycles. The SMILES string of the molecule is CCc1sc(C(=O)N2C[C@@H](CN)[C@H](c3ccccc3)C2)cc1C. The van der Waals surface area contributed by atoms with Crippen LogP contribution in [-0.4, -0.2) is 30.4 Å². The van der Waals surface area contributed by atoms with Crippen LogP contribution in [0.5, 0.6) is 0 Å². The minimum absolute atomic E-state index is 0.162. The van der Waals surface area contributed by atoms with E-state index in [1.165, 1.54) is 16.0 Å². The number of thiophene rings is 1. The molecule has 0 radical (unpaired) electrons. The molecule has 1 saturated heterocycles. The smallest absolute Gasteiger partial charge is 0.263 e. The number of carbonyl (C=O) groups excluding carboxylic acids is 1. The van der Waals surface area contributed by atoms with Crippen LogP contribution in [0.25, 0.3) is 0 Å². The van der Waals surface area contributed by atoms with E-state index < -0.39 is 0 Å². The summed E-state index contributed by atoms with van der Waals surface area (Å²) < 4.78 is 0. The Morgan fingerprint density at radius 2 is 2.04 bits per heavy atom. The molecule has 2 N–H and O–H groups in total. The van der Waals surface area contributed by atoms with Gasteiger partial charge in [0, 0.05) is 23.9 Å². The molecule has 1 aliphatic rings. The van der Waals surface area contributed by atoms with Crippen LogP contribution in [0.15, 0.2) is 36.4 Å². The number of benzene rings is 1. The Kier molecular flexibility index (Phi) is 4.83. The highest BCUT2D eigenvalue weighted by atomic mass is 32.1. The van der Waals surface area contributed by atoms with Crippen LogP contribution in [0, 0.1) is 12.8 Å². The van der Waals surface area contributed by atoms with Crippen LogP contribution in [0.2, 0.25) is 0 Å². The van der Waals surface area contributed by atoms with Crippen molar-refractivity contribution in [3.8, 4) is 0 Å². The summed E-state index contributed by atoms with van der Waals surface area (Å²) in [6.07, 6.45) is 0.988. The largest absolute Gasteiger partial charge is 0.337 e. The summed E-state index contributed by atoms with van der Waals surface area (Å²) in [7, 11) is 0. The molecule has 3 nitrogen and oxygen atoms in total. The van der Waals surface area contributed by atoms with Crippen LogP contribution in [0.3, 0.4) is 0 Å². The predicted molar refractivity (Wildman–Crippen MR) is 96.1 cm³/mol. The van der Waals surface area contributed by atoms with Crippen molar-refractivity contribution in [3.05, 3.63) is 57.3 Å². The maximum Gasteiger partial charge on any atom is 0.263 e. The standard InChI is InChI=1S/C19H24N2OS/c1-3-17-13(2)9-18(23-17)19(22)21-11-15(10-20)16(12-21)14-7-5-4-6-8-14/h4-9,15-16H,3,10-12,20H2,1-2H3/t15-,16+/m1/s1. The van der Waals surface area contributed by atoms with Gasteiger partial charge in [-0.2, -0.15) is 0 Å². The quantitative estimate of drug-likeness (QED) is 0.934. The molecule has 2 atom stereocenters. The lowest BCUT2D eigenvalue weighted by atomic mass is 9.89. The molecule has 2 aromatic rings. The molecule has 0 saturated carbocycles. The van der Waals surface area contributed by atoms with Gasteiger partial charge in [-0.25, -0.2) is 0 Å². The second-order valence-electron chi connectivity index (χ2n) is 6.29. The molecule has 23 heavy (non-hydrogen) atoms. The van der Waals surface area contributed by atoms with E-state index in [1.54, 1.807) is 11.3 Å². The summed E-state index contributed by atoms with van der Waals surface area (Å²) >= 11 is 1.64. The molecule has 2 heterocycles. The molecular formula is C19H24N2OS. The Labute approximate surface area is 142 Å². The van der Waals surface area contributed by atoms with Crippen molar-refractivity contribution in [1.29, 1.82) is 0 Å². The van der Waals surface area contributed by atoms with Crippen molar-refractivity contribution in [3.63, 3.8) is 0 Å². The monoisotopic (exact) mass is 328 g/mol. The van der Waals surface area contributed by atoms with E-state index in [2.05, 4.69) is 38.1 Å². The third-order valence-electron chi connectivity index (χ3n) is 4.81. The number of aryl methyl sites for hydroxylation is 2. The highest BCUT2D eigenvalue weighted by molar-refractivity contribution is 7.14. The summed E-state index contributed by atoms with van der Waals surface area (Å²) in [5.41, 5.74) is 8.50. The molecule has 1 amide bonds. The molecule has 122 valence electrons. The summed E-state index contributed by atoms with van der Waals surface area (Å²) in [6, 6.07) is 12.5. The molecular weight excluding hydrogens is 304 g/mol. The lowest BCUT2D eigenvalue weighted by Crippen LogP contribution is -2.29. The van der Waals surface area contributed by atoms with Crippen molar-refractivity contribution >= 4 is 17.2 Å². The zero-order valence-corrected chi connectivity index (χ0v) is 14.6. The van der Waals surface area contributed by atoms with Crippen LogP contribution in [-0.2, 0) is 6.42 Å². The van der Waals surface area contributed by atoms with E-state index in [0.717, 1.165) is 24.4 Å². The van der Waals surface area contributed by atoms with Crippen molar-refractivity contribution in [2.45, 2.75) is 26.2 Å². The molecule has 1 aliphatic heterocycles. The van der Waals surface area contributed by atoms with Crippen molar-refractivity contribution in [2.75, 3.05) is 19.6 Å². The molecule has 0 spiro atoms. The first kappa shape index (κ1) is 16.2. The zero-order valence-electron chi connectivity index (χ0n) is 13.8. The maximum absolute atomic E-state index is 12.9. The van der Waals surface area contributed by atoms with Gasteiger partial charge in [0.05, 0.1) is 4.88 Å². The summed E-state index contributed by atoms with van der Waals surface area (Å²) in [6.45, 7) is 6.37. The number of likely N-dealkylation sites (tertiary alicyclic amines) is 1. The van der Waals surface area contributed by atoms with Gasteiger partial charge in [-0.05, 0) is 43.0 Å². The predicted octanol–water partition coefficient (Wildman–Crippen LogP) is 3.43. The van der Waals surface area contributed by atoms with Crippen molar-refractivity contribution in [2.24, 2.45) is 11.7 Å². The van der Waals surface area contributed by atoms with Gasteiger partial charge in [0.2, 0.25) is 0 Å². The minimum atomic E-state index is 0.162. The number of hydrogen-bond donors (Lipinski definition) is 1. The number of carbonyl (C=O) groups is 1. The highest BCUT2D eigenvalue weighted by Crippen LogP contribution is 2.34. The van der Waals surface area contributed by atoms with Gasteiger partial charge in [-0.1, -0.05) is 37.3 Å². The molecule has 3 rings (SSSR count). The third kappa shape index (κ3) is 3.19. The van der Waals surface area contributed by atoms with Gasteiger partial charge in [0.25, 0.3) is 5.91 Å². The first-order chi connectivity index (χ1) is 11.1. The molecule has 0 unspecified atom stereocenters. The van der Waals surface area contributed by atoms with Gasteiger partial charge in [-0.3, -0.25) is 4.79 Å². The van der Waals surface area contributed by atoms with Crippen LogP contribution in [0.4, 0.5) is 0 Å². The lowest BCUT2D eigenvalue weighted by molar-refractivity contribution is 0.0791. The third-order valence-corrected chi connectivity index (χ3v) is 6.18. The molecule has 4 heteroatoms. The van der Waals surface area contributed by atoms with E-state index in [9.17, 15) is 4.79 Å². The lowest BCUT2D eigenvalue weighted by Gasteiger charge is -2.16. The first-order valence-electron chi connectivity index (χ1n) is 8.27. The van der Waals surface area contributed by atoms with Gasteiger partial charge in [0.15, 0.2) is 0 Å². The van der Waals surface area contributed by atoms with Gasteiger partial charge in [0.1, 0.15) is 0 Å². The van der Waals surface area contributed by atoms with Crippen LogP contribution < -0.4 is 5.73 Å². The number of nitrogens with zero attached hydrogens (tertiary/aromatic N) is 1. The fraction of sp³-hybridized carbons (Fsp3) is 0.421. The summed E-state index contributed by atoms with van der Waals surface area (Å²) in [4.78, 5) is 17.0. The number of amides is 1. The Balaban J connectivity index is 1.80. The van der Waals surface area contributed by atoms with Crippen LogP contribution in [0.1, 0.15) is 38.5 Å². The summed E-state index contributed by atoms with van der Waals surface area (Å²) in [5, 5.41) is 0. The Morgan fingerprint density at radius 3 is 2.65 bits per heavy atom. The van der Waals surface area contributed by atoms with Crippen molar-refractivity contribution in [1.82, 2.24) is 4.90 Å². The van der Waals surface area contributed by atoms with E-state index in [0.29, 0.717) is 18.4 Å². The Hall–Kier alpha value is -1.65.